The van der Waals surface area contributed by atoms with E-state index in [0.717, 1.165) is 44.6 Å². The number of hydrogen-bond donors (Lipinski definition) is 11. The van der Waals surface area contributed by atoms with Gasteiger partial charge in [0, 0.05) is 99.5 Å². The number of methoxy groups -OCH3 is 1. The van der Waals surface area contributed by atoms with Gasteiger partial charge in [0.1, 0.15) is 23.3 Å². The SMILES string of the molecule is CCOc1ccc(C(=O)NC(=N)c2ccnc(CCCCN(CC)CC)c2)cc1OCC.CCOc1ccc(C(=O)NC(=N)c2ccnc(CNC(C)(C)CO)c2)cc1OCC.CCOc1ccc(C(=O)NC(=N)c2cncc(C(=O)OC)c2)cc1OCC.CCOc1ccc(C(=O)NC(=N)c2cncc(CO)c2)cc1OCC. The highest BCUT2D eigenvalue weighted by molar-refractivity contribution is 6.14. The third-order valence-electron chi connectivity index (χ3n) is 16.3. The summed E-state index contributed by atoms with van der Waals surface area (Å²) in [5, 5.41) is 64.6. The second-order valence-corrected chi connectivity index (χ2v) is 25.1. The number of amidine groups is 4. The van der Waals surface area contributed by atoms with Gasteiger partial charge >= 0.3 is 5.97 Å². The van der Waals surface area contributed by atoms with Gasteiger partial charge in [-0.05, 0) is 223 Å². The molecule has 4 heterocycles. The lowest BCUT2D eigenvalue weighted by molar-refractivity contribution is 0.0599. The summed E-state index contributed by atoms with van der Waals surface area (Å²) in [7, 11) is 1.25. The molecule has 0 unspecified atom stereocenters. The number of rotatable bonds is 37. The van der Waals surface area contributed by atoms with E-state index in [2.05, 4.69) is 70.0 Å². The average molecular weight is 1570 g/mol. The first-order valence-corrected chi connectivity index (χ1v) is 37.7. The van der Waals surface area contributed by atoms with Crippen LogP contribution in [0.15, 0.2) is 146 Å². The molecule has 0 spiro atoms. The molecule has 8 aromatic rings. The van der Waals surface area contributed by atoms with E-state index in [0.29, 0.717) is 156 Å². The van der Waals surface area contributed by atoms with Gasteiger partial charge in [-0.15, -0.1) is 0 Å². The summed E-state index contributed by atoms with van der Waals surface area (Å²) in [6, 6.07) is 29.6. The first-order chi connectivity index (χ1) is 54.9. The summed E-state index contributed by atoms with van der Waals surface area (Å²) in [5.41, 5.74) is 5.25. The zero-order valence-electron chi connectivity index (χ0n) is 67.2. The lowest BCUT2D eigenvalue weighted by Gasteiger charge is -2.23. The van der Waals surface area contributed by atoms with Crippen molar-refractivity contribution in [3.63, 3.8) is 0 Å². The van der Waals surface area contributed by atoms with Crippen LogP contribution >= 0.6 is 0 Å². The fourth-order valence-electron chi connectivity index (χ4n) is 10.4. The van der Waals surface area contributed by atoms with Crippen molar-refractivity contribution in [2.75, 3.05) is 86.2 Å². The molecular weight excluding hydrogens is 1460 g/mol. The maximum atomic E-state index is 12.7. The van der Waals surface area contributed by atoms with Gasteiger partial charge in [-0.1, -0.05) is 13.8 Å². The molecule has 0 atom stereocenters. The van der Waals surface area contributed by atoms with E-state index in [1.807, 2.05) is 75.3 Å². The fourth-order valence-corrected chi connectivity index (χ4v) is 10.4. The smallest absolute Gasteiger partial charge is 0.339 e. The number of hydrogen-bond acceptors (Lipinski definition) is 26. The second-order valence-electron chi connectivity index (χ2n) is 25.1. The van der Waals surface area contributed by atoms with Crippen molar-refractivity contribution in [1.29, 1.82) is 21.6 Å². The van der Waals surface area contributed by atoms with Crippen LogP contribution in [0.1, 0.15) is 187 Å². The highest BCUT2D eigenvalue weighted by atomic mass is 16.5. The number of benzene rings is 4. The van der Waals surface area contributed by atoms with Crippen LogP contribution in [-0.4, -0.2) is 180 Å². The number of aromatic nitrogens is 4. The minimum atomic E-state index is -0.573. The third kappa shape index (κ3) is 30.1. The first-order valence-electron chi connectivity index (χ1n) is 37.7. The third-order valence-corrected chi connectivity index (χ3v) is 16.3. The normalized spacial score (nSPS) is 10.6. The summed E-state index contributed by atoms with van der Waals surface area (Å²) < 4.78 is 48.8. The molecule has 0 saturated heterocycles. The molecule has 4 aromatic carbocycles. The standard InChI is InChI=1S/C25H36N4O3.C22H30N4O4.C19H21N3O5.C18H21N3O4/c1-5-29(6-2)16-10-9-11-21-17-19(14-15-27-21)24(26)28-25(30)20-12-13-22(31-7-3)23(18-20)32-8-4;1-5-29-18-8-7-16(12-19(18)30-6-2)21(28)26-20(23)15-9-10-24-17(11-15)13-25-22(3,4)14-27;1-4-26-15-7-6-12(9-16(15)27-5-2)18(23)22-17(20)13-8-14(11-21-10-13)19(24)25-3;1-3-24-15-6-5-13(8-16(15)25-4-2)18(23)21-17(19)14-7-12(11-22)9-20-10-14/h12-15,17-18H,5-11,16H2,1-4H3,(H2,26,28,30);7-12,25,27H,5-6,13-14H2,1-4H3,(H2,23,26,28);6-11H,4-5H2,1-3H3,(H2,20,22,23);5-10,22H,3-4,11H2,1-2H3,(H2,19,21,23). The molecule has 4 amide bonds. The number of aliphatic hydroxyl groups excluding tert-OH is 2. The molecule has 0 fully saturated rings. The van der Waals surface area contributed by atoms with Crippen molar-refractivity contribution in [2.24, 2.45) is 0 Å². The number of carbonyl (C=O) groups is 5. The quantitative estimate of drug-likeness (QED) is 0.00745. The number of unbranched alkanes of at least 4 members (excludes halogenated alkanes) is 1. The van der Waals surface area contributed by atoms with Crippen molar-refractivity contribution in [3.8, 4) is 46.0 Å². The van der Waals surface area contributed by atoms with E-state index in [-0.39, 0.29) is 53.6 Å². The minimum Gasteiger partial charge on any atom is -0.490 e. The Morgan fingerprint density at radius 3 is 1.11 bits per heavy atom. The summed E-state index contributed by atoms with van der Waals surface area (Å²) in [5.74, 6) is 1.66. The summed E-state index contributed by atoms with van der Waals surface area (Å²) in [6.07, 6.45) is 11.9. The number of pyridine rings is 4. The molecule has 30 heteroatoms. The van der Waals surface area contributed by atoms with Gasteiger partial charge < -0.3 is 84.3 Å². The van der Waals surface area contributed by atoms with Crippen LogP contribution in [0.4, 0.5) is 0 Å². The van der Waals surface area contributed by atoms with Crippen LogP contribution in [0.2, 0.25) is 0 Å². The molecule has 11 N–H and O–H groups in total. The van der Waals surface area contributed by atoms with Gasteiger partial charge in [0.15, 0.2) is 46.0 Å². The van der Waals surface area contributed by atoms with E-state index >= 15 is 0 Å². The molecule has 30 nitrogen and oxygen atoms in total. The average Bonchev–Trinajstić information content (AvgIpc) is 0.847. The van der Waals surface area contributed by atoms with E-state index < -0.39 is 29.2 Å². The number of amides is 4. The van der Waals surface area contributed by atoms with E-state index in [1.54, 1.807) is 109 Å². The molecule has 4 aromatic heterocycles. The van der Waals surface area contributed by atoms with Crippen molar-refractivity contribution >= 4 is 52.9 Å². The number of aliphatic hydroxyl groups is 2. The highest BCUT2D eigenvalue weighted by Gasteiger charge is 2.21. The number of ether oxygens (including phenoxy) is 9. The van der Waals surface area contributed by atoms with Gasteiger partial charge in [0.2, 0.25) is 0 Å². The summed E-state index contributed by atoms with van der Waals surface area (Å²) >= 11 is 0. The van der Waals surface area contributed by atoms with Crippen LogP contribution in [0.3, 0.4) is 0 Å². The number of nitrogens with one attached hydrogen (secondary N) is 9. The van der Waals surface area contributed by atoms with Gasteiger partial charge in [-0.25, -0.2) is 4.79 Å². The Bertz CT molecular complexity index is 4500. The van der Waals surface area contributed by atoms with Crippen LogP contribution < -0.4 is 64.5 Å². The van der Waals surface area contributed by atoms with Gasteiger partial charge in [-0.3, -0.25) is 60.8 Å². The second kappa shape index (κ2) is 49.2. The fraction of sp³-hybridized carbons (Fsp3) is 0.369. The van der Waals surface area contributed by atoms with Crippen molar-refractivity contribution in [1.82, 2.24) is 51.4 Å². The number of esters is 1. The molecule has 610 valence electrons. The topological polar surface area (TPSA) is 419 Å². The van der Waals surface area contributed by atoms with Gasteiger partial charge in [-0.2, -0.15) is 0 Å². The summed E-state index contributed by atoms with van der Waals surface area (Å²) in [4.78, 5) is 80.7. The monoisotopic (exact) mass is 1570 g/mol. The Hall–Kier alpha value is -12.3. The van der Waals surface area contributed by atoms with E-state index in [4.69, 9.17) is 64.6 Å². The Kier molecular flexibility index (Phi) is 39.9. The molecular formula is C84H108N14O16. The van der Waals surface area contributed by atoms with Crippen molar-refractivity contribution < 1.29 is 76.8 Å². The molecule has 0 aliphatic carbocycles. The minimum absolute atomic E-state index is 0.00954. The molecule has 0 radical (unpaired) electrons. The Labute approximate surface area is 666 Å². The molecule has 8 rings (SSSR count). The Balaban J connectivity index is 0.000000272. The largest absolute Gasteiger partial charge is 0.490 e. The lowest BCUT2D eigenvalue weighted by Crippen LogP contribution is -2.42. The summed E-state index contributed by atoms with van der Waals surface area (Å²) in [6.45, 7) is 30.2. The number of nitrogens with zero attached hydrogens (tertiary/aromatic N) is 5. The number of aryl methyl sites for hydroxylation is 1. The predicted molar refractivity (Wildman–Crippen MR) is 435 cm³/mol. The van der Waals surface area contributed by atoms with Crippen molar-refractivity contribution in [2.45, 2.75) is 121 Å². The predicted octanol–water partition coefficient (Wildman–Crippen LogP) is 11.3. The Morgan fingerprint density at radius 1 is 0.404 bits per heavy atom. The van der Waals surface area contributed by atoms with Crippen LogP contribution in [0.25, 0.3) is 0 Å². The van der Waals surface area contributed by atoms with E-state index in [9.17, 15) is 29.1 Å². The Morgan fingerprint density at radius 2 is 0.746 bits per heavy atom. The maximum Gasteiger partial charge on any atom is 0.339 e. The number of carbonyl (C=O) groups excluding carboxylic acids is 5. The van der Waals surface area contributed by atoms with E-state index in [1.165, 1.54) is 38.0 Å². The maximum absolute atomic E-state index is 12.7. The van der Waals surface area contributed by atoms with Crippen LogP contribution in [0.5, 0.6) is 46.0 Å². The lowest BCUT2D eigenvalue weighted by atomic mass is 10.1. The van der Waals surface area contributed by atoms with Crippen LogP contribution in [0, 0.1) is 21.6 Å². The molecule has 114 heavy (non-hydrogen) atoms. The molecule has 0 aliphatic rings. The molecule has 0 aliphatic heterocycles. The van der Waals surface area contributed by atoms with Crippen molar-refractivity contribution in [3.05, 3.63) is 213 Å². The highest BCUT2D eigenvalue weighted by Crippen LogP contribution is 2.32. The molecule has 0 bridgehead atoms. The molecule has 0 saturated carbocycles. The van der Waals surface area contributed by atoms with Crippen LogP contribution in [-0.2, 0) is 24.3 Å². The zero-order valence-corrected chi connectivity index (χ0v) is 67.2. The zero-order chi connectivity index (χ0) is 83.5. The first kappa shape index (κ1) is 92.4. The van der Waals surface area contributed by atoms with Gasteiger partial charge in [0.05, 0.1) is 84.4 Å². The van der Waals surface area contributed by atoms with Gasteiger partial charge in [0.25, 0.3) is 23.6 Å².